The van der Waals surface area contributed by atoms with E-state index in [0.717, 1.165) is 0 Å². The molecule has 0 fully saturated rings. The predicted molar refractivity (Wildman–Crippen MR) is 88.8 cm³/mol. The van der Waals surface area contributed by atoms with Crippen molar-refractivity contribution in [2.45, 2.75) is 30.9 Å². The summed E-state index contributed by atoms with van der Waals surface area (Å²) in [4.78, 5) is 7.98. The van der Waals surface area contributed by atoms with Gasteiger partial charge in [-0.2, -0.15) is 4.98 Å². The third-order valence-electron chi connectivity index (χ3n) is 3.08. The summed E-state index contributed by atoms with van der Waals surface area (Å²) >= 11 is 11.8. The van der Waals surface area contributed by atoms with Crippen LogP contribution < -0.4 is 5.32 Å². The molecule has 1 heterocycles. The SMILES string of the molecule is Cc1cccc(Nc2nc(Cl)ncc2Cl)c1S(=O)(=O)C(C)C. The van der Waals surface area contributed by atoms with Gasteiger partial charge in [0, 0.05) is 0 Å². The first kappa shape index (κ1) is 17.0. The number of hydrogen-bond donors (Lipinski definition) is 1. The van der Waals surface area contributed by atoms with Crippen molar-refractivity contribution < 1.29 is 8.42 Å². The van der Waals surface area contributed by atoms with Crippen LogP contribution in [0.3, 0.4) is 0 Å². The highest BCUT2D eigenvalue weighted by Gasteiger charge is 2.25. The fraction of sp³-hybridized carbons (Fsp3) is 0.286. The summed E-state index contributed by atoms with van der Waals surface area (Å²) in [6, 6.07) is 5.16. The average molecular weight is 360 g/mol. The fourth-order valence-electron chi connectivity index (χ4n) is 1.93. The maximum absolute atomic E-state index is 12.6. The second-order valence-corrected chi connectivity index (χ2v) is 8.19. The Labute approximate surface area is 139 Å². The van der Waals surface area contributed by atoms with Crippen LogP contribution in [0.1, 0.15) is 19.4 Å². The third-order valence-corrected chi connectivity index (χ3v) is 5.90. The van der Waals surface area contributed by atoms with E-state index in [4.69, 9.17) is 23.2 Å². The van der Waals surface area contributed by atoms with Crippen LogP contribution in [0.15, 0.2) is 29.3 Å². The van der Waals surface area contributed by atoms with Crippen LogP contribution in [0.5, 0.6) is 0 Å². The molecule has 1 aromatic carbocycles. The molecule has 0 radical (unpaired) electrons. The van der Waals surface area contributed by atoms with E-state index in [0.29, 0.717) is 11.3 Å². The molecule has 1 N–H and O–H groups in total. The zero-order valence-corrected chi connectivity index (χ0v) is 14.6. The monoisotopic (exact) mass is 359 g/mol. The van der Waals surface area contributed by atoms with Crippen LogP contribution in [0.2, 0.25) is 10.3 Å². The van der Waals surface area contributed by atoms with E-state index in [9.17, 15) is 8.42 Å². The van der Waals surface area contributed by atoms with E-state index in [1.165, 1.54) is 6.20 Å². The number of nitrogens with zero attached hydrogens (tertiary/aromatic N) is 2. The van der Waals surface area contributed by atoms with Gasteiger partial charge < -0.3 is 5.32 Å². The van der Waals surface area contributed by atoms with Crippen molar-refractivity contribution in [1.82, 2.24) is 9.97 Å². The van der Waals surface area contributed by atoms with Crippen LogP contribution in [0.25, 0.3) is 0 Å². The van der Waals surface area contributed by atoms with Gasteiger partial charge in [-0.05, 0) is 44.0 Å². The number of hydrogen-bond acceptors (Lipinski definition) is 5. The van der Waals surface area contributed by atoms with Crippen LogP contribution in [0, 0.1) is 6.92 Å². The van der Waals surface area contributed by atoms with Gasteiger partial charge in [-0.3, -0.25) is 0 Å². The molecule has 0 saturated carbocycles. The van der Waals surface area contributed by atoms with Gasteiger partial charge in [-0.15, -0.1) is 0 Å². The normalized spacial score (nSPS) is 11.7. The first-order chi connectivity index (χ1) is 10.2. The Balaban J connectivity index is 2.58. The summed E-state index contributed by atoms with van der Waals surface area (Å²) in [5.41, 5.74) is 1.06. The standard InChI is InChI=1S/C14H15Cl2N3O2S/c1-8(2)22(20,21)12-9(3)5-4-6-11(12)18-13-10(15)7-17-14(16)19-13/h4-8H,1-3H3,(H,17,18,19). The largest absolute Gasteiger partial charge is 0.338 e. The van der Waals surface area contributed by atoms with Crippen molar-refractivity contribution in [1.29, 1.82) is 0 Å². The molecule has 5 nitrogen and oxygen atoms in total. The Morgan fingerprint density at radius 2 is 1.91 bits per heavy atom. The number of benzene rings is 1. The lowest BCUT2D eigenvalue weighted by molar-refractivity contribution is 0.587. The molecule has 0 unspecified atom stereocenters. The summed E-state index contributed by atoms with van der Waals surface area (Å²) in [6.45, 7) is 5.02. The van der Waals surface area contributed by atoms with Gasteiger partial charge in [0.25, 0.3) is 0 Å². The minimum atomic E-state index is -3.46. The first-order valence-corrected chi connectivity index (χ1v) is 8.82. The summed E-state index contributed by atoms with van der Waals surface area (Å²) in [6.07, 6.45) is 1.35. The molecule has 22 heavy (non-hydrogen) atoms. The van der Waals surface area contributed by atoms with Crippen LogP contribution in [0.4, 0.5) is 11.5 Å². The van der Waals surface area contributed by atoms with Crippen molar-refractivity contribution in [2.24, 2.45) is 0 Å². The lowest BCUT2D eigenvalue weighted by Gasteiger charge is -2.17. The van der Waals surface area contributed by atoms with E-state index in [1.54, 1.807) is 39.0 Å². The van der Waals surface area contributed by atoms with E-state index in [-0.39, 0.29) is 21.0 Å². The highest BCUT2D eigenvalue weighted by Crippen LogP contribution is 2.32. The topological polar surface area (TPSA) is 72.0 Å². The molecule has 0 spiro atoms. The van der Waals surface area contributed by atoms with Crippen molar-refractivity contribution in [3.8, 4) is 0 Å². The molecule has 0 saturated heterocycles. The summed E-state index contributed by atoms with van der Waals surface area (Å²) in [5, 5.41) is 2.66. The lowest BCUT2D eigenvalue weighted by Crippen LogP contribution is -2.17. The lowest BCUT2D eigenvalue weighted by atomic mass is 10.2. The summed E-state index contributed by atoms with van der Waals surface area (Å²) < 4.78 is 25.2. The molecule has 8 heteroatoms. The molecule has 0 amide bonds. The number of aromatic nitrogens is 2. The first-order valence-electron chi connectivity index (χ1n) is 6.52. The van der Waals surface area contributed by atoms with Crippen LogP contribution >= 0.6 is 23.2 Å². The number of aryl methyl sites for hydroxylation is 1. The minimum absolute atomic E-state index is 0.0211. The molecule has 0 bridgehead atoms. The van der Waals surface area contributed by atoms with Crippen molar-refractivity contribution >= 4 is 44.5 Å². The van der Waals surface area contributed by atoms with Crippen LogP contribution in [-0.4, -0.2) is 23.6 Å². The smallest absolute Gasteiger partial charge is 0.224 e. The molecule has 0 atom stereocenters. The molecule has 2 aromatic rings. The Morgan fingerprint density at radius 1 is 1.23 bits per heavy atom. The van der Waals surface area contributed by atoms with E-state index < -0.39 is 15.1 Å². The molecular formula is C14H15Cl2N3O2S. The van der Waals surface area contributed by atoms with Crippen LogP contribution in [-0.2, 0) is 9.84 Å². The quantitative estimate of drug-likeness (QED) is 0.834. The molecular weight excluding hydrogens is 345 g/mol. The number of sulfone groups is 1. The molecule has 118 valence electrons. The van der Waals surface area contributed by atoms with Crippen molar-refractivity contribution in [2.75, 3.05) is 5.32 Å². The highest BCUT2D eigenvalue weighted by atomic mass is 35.5. The molecule has 0 aliphatic carbocycles. The molecule has 1 aromatic heterocycles. The number of halogens is 2. The van der Waals surface area contributed by atoms with E-state index >= 15 is 0 Å². The van der Waals surface area contributed by atoms with Gasteiger partial charge in [-0.1, -0.05) is 23.7 Å². The van der Waals surface area contributed by atoms with Gasteiger partial charge >= 0.3 is 0 Å². The maximum atomic E-state index is 12.6. The molecule has 0 aliphatic rings. The second kappa shape index (κ2) is 6.40. The Bertz CT molecular complexity index is 808. The second-order valence-electron chi connectivity index (χ2n) is 5.01. The summed E-state index contributed by atoms with van der Waals surface area (Å²) in [7, 11) is -3.46. The maximum Gasteiger partial charge on any atom is 0.224 e. The van der Waals surface area contributed by atoms with Crippen molar-refractivity contribution in [3.63, 3.8) is 0 Å². The van der Waals surface area contributed by atoms with E-state index in [1.807, 2.05) is 0 Å². The van der Waals surface area contributed by atoms with Gasteiger partial charge in [0.05, 0.1) is 22.0 Å². The average Bonchev–Trinajstić information content (AvgIpc) is 2.42. The number of anilines is 2. The Kier molecular flexibility index (Phi) is 4.94. The van der Waals surface area contributed by atoms with E-state index in [2.05, 4.69) is 15.3 Å². The number of nitrogens with one attached hydrogen (secondary N) is 1. The zero-order chi connectivity index (χ0) is 16.5. The van der Waals surface area contributed by atoms with Gasteiger partial charge in [0.15, 0.2) is 15.7 Å². The Morgan fingerprint density at radius 3 is 2.55 bits per heavy atom. The van der Waals surface area contributed by atoms with Crippen molar-refractivity contribution in [3.05, 3.63) is 40.3 Å². The van der Waals surface area contributed by atoms with Gasteiger partial charge in [0.2, 0.25) is 5.28 Å². The Hall–Kier alpha value is -1.37. The fourth-order valence-corrected chi connectivity index (χ4v) is 3.61. The zero-order valence-electron chi connectivity index (χ0n) is 12.3. The van der Waals surface area contributed by atoms with Gasteiger partial charge in [0.1, 0.15) is 5.02 Å². The summed E-state index contributed by atoms with van der Waals surface area (Å²) in [5.74, 6) is 0.257. The van der Waals surface area contributed by atoms with Gasteiger partial charge in [-0.25, -0.2) is 13.4 Å². The minimum Gasteiger partial charge on any atom is -0.338 e. The molecule has 0 aliphatic heterocycles. The third kappa shape index (κ3) is 3.34. The predicted octanol–water partition coefficient (Wildman–Crippen LogP) is 4.02. The molecule has 2 rings (SSSR count). The number of rotatable bonds is 4. The highest BCUT2D eigenvalue weighted by molar-refractivity contribution is 7.92.